The van der Waals surface area contributed by atoms with Crippen LogP contribution in [0.1, 0.15) is 12.5 Å². The van der Waals surface area contributed by atoms with Crippen molar-refractivity contribution in [3.05, 3.63) is 26.8 Å². The van der Waals surface area contributed by atoms with Gasteiger partial charge in [-0.2, -0.15) is 0 Å². The minimum atomic E-state index is -4.78. The molecule has 1 aromatic rings. The van der Waals surface area contributed by atoms with Crippen LogP contribution in [0.4, 0.5) is 13.2 Å². The van der Waals surface area contributed by atoms with Gasteiger partial charge in [0.15, 0.2) is 0 Å². The molecule has 4 nitrogen and oxygen atoms in total. The lowest BCUT2D eigenvalue weighted by Crippen LogP contribution is -2.19. The Balaban J connectivity index is 2.35. The third-order valence-electron chi connectivity index (χ3n) is 2.52. The zero-order chi connectivity index (χ0) is 15.6. The van der Waals surface area contributed by atoms with E-state index in [-0.39, 0.29) is 24.5 Å². The number of hydrogen-bond acceptors (Lipinski definition) is 4. The molecular formula is C13H10F3IO4. The molecule has 0 unspecified atom stereocenters. The van der Waals surface area contributed by atoms with E-state index in [2.05, 4.69) is 4.74 Å². The fraction of sp³-hybridized carbons (Fsp3) is 0.308. The predicted molar refractivity (Wildman–Crippen MR) is 75.9 cm³/mol. The van der Waals surface area contributed by atoms with Crippen molar-refractivity contribution in [3.8, 4) is 11.5 Å². The van der Waals surface area contributed by atoms with Gasteiger partial charge in [-0.3, -0.25) is 0 Å². The van der Waals surface area contributed by atoms with E-state index < -0.39 is 12.3 Å². The van der Waals surface area contributed by atoms with E-state index in [0.717, 1.165) is 0 Å². The molecule has 0 fully saturated rings. The Bertz CT molecular complexity index is 596. The van der Waals surface area contributed by atoms with Gasteiger partial charge in [0.05, 0.1) is 15.8 Å². The van der Waals surface area contributed by atoms with Crippen LogP contribution < -0.4 is 9.47 Å². The summed E-state index contributed by atoms with van der Waals surface area (Å²) < 4.78 is 51.4. The molecule has 114 valence electrons. The Labute approximate surface area is 132 Å². The number of hydrogen-bond donors (Lipinski definition) is 0. The van der Waals surface area contributed by atoms with Gasteiger partial charge < -0.3 is 14.2 Å². The molecule has 0 saturated heterocycles. The molecule has 0 aliphatic carbocycles. The largest absolute Gasteiger partial charge is 0.573 e. The molecule has 0 N–H and O–H groups in total. The fourth-order valence-electron chi connectivity index (χ4n) is 1.76. The first-order chi connectivity index (χ1) is 9.80. The molecule has 0 aromatic heterocycles. The van der Waals surface area contributed by atoms with E-state index in [1.54, 1.807) is 6.92 Å². The lowest BCUT2D eigenvalue weighted by atomic mass is 10.1. The van der Waals surface area contributed by atoms with Crippen molar-refractivity contribution in [3.63, 3.8) is 0 Å². The van der Waals surface area contributed by atoms with Gasteiger partial charge >= 0.3 is 12.3 Å². The normalized spacial score (nSPS) is 13.9. The summed E-state index contributed by atoms with van der Waals surface area (Å²) in [7, 11) is 0. The Morgan fingerprint density at radius 1 is 1.43 bits per heavy atom. The van der Waals surface area contributed by atoms with Crippen LogP contribution in [0.3, 0.4) is 0 Å². The van der Waals surface area contributed by atoms with E-state index in [1.807, 2.05) is 22.6 Å². The molecule has 0 atom stereocenters. The van der Waals surface area contributed by atoms with E-state index in [9.17, 15) is 18.0 Å². The van der Waals surface area contributed by atoms with Gasteiger partial charge in [0.25, 0.3) is 0 Å². The van der Waals surface area contributed by atoms with Crippen molar-refractivity contribution < 1.29 is 32.2 Å². The van der Waals surface area contributed by atoms with Gasteiger partial charge in [-0.25, -0.2) is 4.79 Å². The summed E-state index contributed by atoms with van der Waals surface area (Å²) in [5.74, 6) is -0.505. The average molecular weight is 414 g/mol. The SMILES string of the molecule is CCOC(=O)C1=Cc2cc(OC(F)(F)F)cc(I)c2OC1. The molecule has 0 bridgehead atoms. The van der Waals surface area contributed by atoms with Crippen molar-refractivity contribution in [1.29, 1.82) is 0 Å². The first kappa shape index (κ1) is 15.9. The van der Waals surface area contributed by atoms with Crippen LogP contribution >= 0.6 is 22.6 Å². The smallest absolute Gasteiger partial charge is 0.487 e. The van der Waals surface area contributed by atoms with E-state index >= 15 is 0 Å². The third-order valence-corrected chi connectivity index (χ3v) is 3.32. The minimum absolute atomic E-state index is 0.0152. The van der Waals surface area contributed by atoms with Crippen LogP contribution in [0.25, 0.3) is 6.08 Å². The Morgan fingerprint density at radius 2 is 2.14 bits per heavy atom. The number of halogens is 4. The number of fused-ring (bicyclic) bond motifs is 1. The molecule has 2 rings (SSSR count). The first-order valence-corrected chi connectivity index (χ1v) is 6.98. The molecule has 1 aliphatic heterocycles. The second-order valence-corrected chi connectivity index (χ2v) is 5.21. The highest BCUT2D eigenvalue weighted by atomic mass is 127. The van der Waals surface area contributed by atoms with Crippen molar-refractivity contribution in [2.24, 2.45) is 0 Å². The summed E-state index contributed by atoms with van der Waals surface area (Å²) in [6, 6.07) is 2.39. The Morgan fingerprint density at radius 3 is 2.76 bits per heavy atom. The zero-order valence-corrected chi connectivity index (χ0v) is 12.9. The van der Waals surface area contributed by atoms with Gasteiger partial charge in [-0.15, -0.1) is 13.2 Å². The predicted octanol–water partition coefficient (Wildman–Crippen LogP) is 3.53. The molecule has 0 spiro atoms. The molecular weight excluding hydrogens is 404 g/mol. The van der Waals surface area contributed by atoms with Gasteiger partial charge in [0.2, 0.25) is 0 Å². The van der Waals surface area contributed by atoms with Gasteiger partial charge in [0.1, 0.15) is 18.1 Å². The quantitative estimate of drug-likeness (QED) is 0.561. The third kappa shape index (κ3) is 4.02. The lowest BCUT2D eigenvalue weighted by molar-refractivity contribution is -0.274. The van der Waals surface area contributed by atoms with Crippen LogP contribution in [0.2, 0.25) is 0 Å². The maximum Gasteiger partial charge on any atom is 0.573 e. The van der Waals surface area contributed by atoms with Crippen molar-refractivity contribution in [2.45, 2.75) is 13.3 Å². The standard InChI is InChI=1S/C13H10F3IO4/c1-2-19-12(18)8-3-7-4-9(21-13(14,15)16)5-10(17)11(7)20-6-8/h3-5H,2,6H2,1H3. The molecule has 1 heterocycles. The van der Waals surface area contributed by atoms with Crippen LogP contribution in [0.5, 0.6) is 11.5 Å². The minimum Gasteiger partial charge on any atom is -0.487 e. The summed E-state index contributed by atoms with van der Waals surface area (Å²) in [5.41, 5.74) is 0.583. The van der Waals surface area contributed by atoms with Crippen molar-refractivity contribution in [2.75, 3.05) is 13.2 Å². The number of alkyl halides is 3. The summed E-state index contributed by atoms with van der Waals surface area (Å²) in [4.78, 5) is 11.6. The highest BCUT2D eigenvalue weighted by Gasteiger charge is 2.32. The summed E-state index contributed by atoms with van der Waals surface area (Å²) in [6.07, 6.45) is -3.33. The van der Waals surface area contributed by atoms with Gasteiger partial charge in [-0.1, -0.05) is 0 Å². The molecule has 1 aliphatic rings. The lowest BCUT2D eigenvalue weighted by Gasteiger charge is -2.19. The summed E-state index contributed by atoms with van der Waals surface area (Å²) in [5, 5.41) is 0. The van der Waals surface area contributed by atoms with Gasteiger partial charge in [-0.05, 0) is 47.7 Å². The molecule has 0 saturated carbocycles. The van der Waals surface area contributed by atoms with Crippen molar-refractivity contribution in [1.82, 2.24) is 0 Å². The second-order valence-electron chi connectivity index (χ2n) is 4.05. The monoisotopic (exact) mass is 414 g/mol. The van der Waals surface area contributed by atoms with E-state index in [0.29, 0.717) is 14.9 Å². The van der Waals surface area contributed by atoms with Crippen LogP contribution in [0, 0.1) is 3.57 Å². The number of rotatable bonds is 3. The first-order valence-electron chi connectivity index (χ1n) is 5.90. The molecule has 0 amide bonds. The summed E-state index contributed by atoms with van der Waals surface area (Å²) in [6.45, 7) is 1.88. The number of carbonyl (C=O) groups is 1. The number of carbonyl (C=O) groups excluding carboxylic acids is 1. The molecule has 21 heavy (non-hydrogen) atoms. The van der Waals surface area contributed by atoms with E-state index in [1.165, 1.54) is 18.2 Å². The summed E-state index contributed by atoms with van der Waals surface area (Å²) >= 11 is 1.84. The molecule has 1 aromatic carbocycles. The van der Waals surface area contributed by atoms with Crippen LogP contribution in [-0.4, -0.2) is 25.5 Å². The number of benzene rings is 1. The number of esters is 1. The molecule has 8 heteroatoms. The average Bonchev–Trinajstić information content (AvgIpc) is 2.36. The Kier molecular flexibility index (Phi) is 4.64. The van der Waals surface area contributed by atoms with E-state index in [4.69, 9.17) is 9.47 Å². The second kappa shape index (κ2) is 6.12. The maximum atomic E-state index is 12.3. The van der Waals surface area contributed by atoms with Crippen LogP contribution in [-0.2, 0) is 9.53 Å². The zero-order valence-electron chi connectivity index (χ0n) is 10.8. The molecule has 0 radical (unpaired) electrons. The topological polar surface area (TPSA) is 44.8 Å². The maximum absolute atomic E-state index is 12.3. The number of ether oxygens (including phenoxy) is 3. The Hall–Kier alpha value is -1.45. The highest BCUT2D eigenvalue weighted by molar-refractivity contribution is 14.1. The van der Waals surface area contributed by atoms with Crippen LogP contribution in [0.15, 0.2) is 17.7 Å². The van der Waals surface area contributed by atoms with Crippen molar-refractivity contribution >= 4 is 34.6 Å². The fourth-order valence-corrected chi connectivity index (χ4v) is 2.54. The van der Waals surface area contributed by atoms with Gasteiger partial charge in [0, 0.05) is 5.56 Å². The highest BCUT2D eigenvalue weighted by Crippen LogP contribution is 2.36.